The van der Waals surface area contributed by atoms with E-state index in [0.717, 1.165) is 23.9 Å². The Kier molecular flexibility index (Phi) is 6.30. The Morgan fingerprint density at radius 1 is 1.30 bits per heavy atom. The Morgan fingerprint density at radius 2 is 2.17 bits per heavy atom. The van der Waals surface area contributed by atoms with Gasteiger partial charge < -0.3 is 10.4 Å². The third-order valence-electron chi connectivity index (χ3n) is 4.05. The first kappa shape index (κ1) is 16.7. The summed E-state index contributed by atoms with van der Waals surface area (Å²) >= 11 is 3.57. The molecular weight excluding hydrogens is 326 g/mol. The van der Waals surface area contributed by atoms with Gasteiger partial charge in [0.05, 0.1) is 18.2 Å². The van der Waals surface area contributed by atoms with E-state index in [9.17, 15) is 0 Å². The molecule has 0 unspecified atom stereocenters. The summed E-state index contributed by atoms with van der Waals surface area (Å²) in [6, 6.07) is 4.11. The summed E-state index contributed by atoms with van der Waals surface area (Å²) in [4.78, 5) is 10.3. The Hall–Kier alpha value is -1.11. The average Bonchev–Trinajstić information content (AvgIpc) is 3.25. The number of rotatable bonds is 8. The molecule has 0 bridgehead atoms. The number of nitrogens with one attached hydrogen (secondary N) is 1. The minimum atomic E-state index is 0.232. The third-order valence-corrected chi connectivity index (χ3v) is 6.22. The smallest absolute Gasteiger partial charge is 0.126 e. The van der Waals surface area contributed by atoms with E-state index in [1.54, 1.807) is 11.8 Å². The topological polar surface area (TPSA) is 58.0 Å². The number of aromatic nitrogens is 2. The van der Waals surface area contributed by atoms with Crippen molar-refractivity contribution in [1.82, 2.24) is 9.97 Å². The van der Waals surface area contributed by atoms with Gasteiger partial charge in [-0.2, -0.15) is 11.8 Å². The van der Waals surface area contributed by atoms with E-state index in [0.29, 0.717) is 5.92 Å². The molecule has 1 saturated carbocycles. The molecule has 4 nitrogen and oxygen atoms in total. The molecule has 2 aromatic heterocycles. The molecule has 2 N–H and O–H groups in total. The van der Waals surface area contributed by atoms with Gasteiger partial charge in [-0.25, -0.2) is 9.97 Å². The summed E-state index contributed by atoms with van der Waals surface area (Å²) in [7, 11) is 0. The Balaban J connectivity index is 1.52. The van der Waals surface area contributed by atoms with Crippen LogP contribution < -0.4 is 5.32 Å². The van der Waals surface area contributed by atoms with Crippen LogP contribution in [-0.2, 0) is 12.3 Å². The Morgan fingerprint density at radius 3 is 3.00 bits per heavy atom. The van der Waals surface area contributed by atoms with Crippen molar-refractivity contribution in [3.05, 3.63) is 40.0 Å². The monoisotopic (exact) mass is 349 g/mol. The van der Waals surface area contributed by atoms with Gasteiger partial charge in [0.2, 0.25) is 0 Å². The van der Waals surface area contributed by atoms with E-state index in [2.05, 4.69) is 21.4 Å². The molecule has 6 heteroatoms. The maximum absolute atomic E-state index is 8.84. The van der Waals surface area contributed by atoms with Gasteiger partial charge in [-0.15, -0.1) is 11.3 Å². The van der Waals surface area contributed by atoms with Crippen molar-refractivity contribution in [3.63, 3.8) is 0 Å². The van der Waals surface area contributed by atoms with Crippen LogP contribution in [0.15, 0.2) is 24.5 Å². The summed E-state index contributed by atoms with van der Waals surface area (Å²) in [5.74, 6) is 3.28. The summed E-state index contributed by atoms with van der Waals surface area (Å²) in [5.41, 5.74) is 1.23. The van der Waals surface area contributed by atoms with Crippen molar-refractivity contribution >= 4 is 28.9 Å². The van der Waals surface area contributed by atoms with Gasteiger partial charge in [-0.3, -0.25) is 0 Å². The summed E-state index contributed by atoms with van der Waals surface area (Å²) < 4.78 is 0. The third kappa shape index (κ3) is 4.93. The highest BCUT2D eigenvalue weighted by atomic mass is 32.2. The lowest BCUT2D eigenvalue weighted by atomic mass is 10.1. The zero-order valence-corrected chi connectivity index (χ0v) is 14.8. The first-order valence-electron chi connectivity index (χ1n) is 8.17. The lowest BCUT2D eigenvalue weighted by molar-refractivity contribution is 0.322. The number of thioether (sulfide) groups is 1. The van der Waals surface area contributed by atoms with Crippen molar-refractivity contribution < 1.29 is 5.11 Å². The first-order valence-corrected chi connectivity index (χ1v) is 10.1. The van der Waals surface area contributed by atoms with Gasteiger partial charge in [0.15, 0.2) is 0 Å². The number of pyridine rings is 1. The van der Waals surface area contributed by atoms with Gasteiger partial charge in [0.25, 0.3) is 0 Å². The molecular formula is C17H23N3OS2. The molecule has 2 heterocycles. The fraction of sp³-hybridized carbons (Fsp3) is 0.529. The number of anilines is 1. The zero-order valence-electron chi connectivity index (χ0n) is 13.2. The van der Waals surface area contributed by atoms with Crippen LogP contribution >= 0.6 is 23.1 Å². The largest absolute Gasteiger partial charge is 0.396 e. The second-order valence-corrected chi connectivity index (χ2v) is 8.08. The molecule has 0 radical (unpaired) electrons. The summed E-state index contributed by atoms with van der Waals surface area (Å²) in [6.45, 7) is 1.01. The van der Waals surface area contributed by atoms with Crippen LogP contribution in [0.5, 0.6) is 0 Å². The van der Waals surface area contributed by atoms with Crippen molar-refractivity contribution in [3.8, 4) is 0 Å². The first-order chi connectivity index (χ1) is 11.3. The van der Waals surface area contributed by atoms with Crippen molar-refractivity contribution in [1.29, 1.82) is 0 Å². The van der Waals surface area contributed by atoms with E-state index in [1.807, 2.05) is 29.8 Å². The number of nitrogens with zero attached hydrogens (tertiary/aromatic N) is 2. The van der Waals surface area contributed by atoms with E-state index in [-0.39, 0.29) is 6.61 Å². The Labute approximate surface area is 145 Å². The molecule has 0 atom stereocenters. The van der Waals surface area contributed by atoms with Gasteiger partial charge in [0, 0.05) is 34.7 Å². The predicted octanol–water partition coefficient (Wildman–Crippen LogP) is 4.03. The molecule has 0 aromatic carbocycles. The quantitative estimate of drug-likeness (QED) is 0.705. The zero-order chi connectivity index (χ0) is 15.9. The lowest BCUT2D eigenvalue weighted by Crippen LogP contribution is -2.00. The van der Waals surface area contributed by atoms with Crippen LogP contribution in [0.2, 0.25) is 0 Å². The number of aliphatic hydroxyl groups excluding tert-OH is 1. The molecule has 0 aliphatic heterocycles. The van der Waals surface area contributed by atoms with E-state index in [4.69, 9.17) is 5.11 Å². The number of thiazole rings is 1. The van der Waals surface area contributed by atoms with Crippen LogP contribution in [0.3, 0.4) is 0 Å². The molecule has 2 aromatic rings. The normalized spacial score (nSPS) is 15.2. The maximum Gasteiger partial charge on any atom is 0.126 e. The molecule has 124 valence electrons. The van der Waals surface area contributed by atoms with E-state index in [1.165, 1.54) is 41.1 Å². The summed E-state index contributed by atoms with van der Waals surface area (Å²) in [5, 5.41) is 13.5. The standard InChI is InChI=1S/C17H23N3OS2/c21-7-8-22-12-13-5-6-18-16(9-13)19-10-15-11-20-17(23-15)14-3-1-2-4-14/h5-6,9,11,14,21H,1-4,7-8,10,12H2,(H,18,19). The molecule has 0 saturated heterocycles. The van der Waals surface area contributed by atoms with Crippen LogP contribution in [0.1, 0.15) is 47.0 Å². The average molecular weight is 350 g/mol. The molecule has 0 amide bonds. The highest BCUT2D eigenvalue weighted by molar-refractivity contribution is 7.98. The second kappa shape index (κ2) is 8.66. The second-order valence-electron chi connectivity index (χ2n) is 5.83. The van der Waals surface area contributed by atoms with E-state index >= 15 is 0 Å². The van der Waals surface area contributed by atoms with Crippen LogP contribution in [-0.4, -0.2) is 27.4 Å². The highest BCUT2D eigenvalue weighted by Gasteiger charge is 2.19. The fourth-order valence-corrected chi connectivity index (χ4v) is 4.57. The SMILES string of the molecule is OCCSCc1ccnc(NCc2cnc(C3CCCC3)s2)c1. The van der Waals surface area contributed by atoms with Crippen LogP contribution in [0, 0.1) is 0 Å². The number of hydrogen-bond acceptors (Lipinski definition) is 6. The molecule has 1 aliphatic rings. The molecule has 3 rings (SSSR count). The van der Waals surface area contributed by atoms with Gasteiger partial charge in [0.1, 0.15) is 5.82 Å². The maximum atomic E-state index is 8.84. The van der Waals surface area contributed by atoms with Crippen LogP contribution in [0.25, 0.3) is 0 Å². The fourth-order valence-electron chi connectivity index (χ4n) is 2.86. The van der Waals surface area contributed by atoms with Gasteiger partial charge in [-0.1, -0.05) is 12.8 Å². The minimum absolute atomic E-state index is 0.232. The van der Waals surface area contributed by atoms with E-state index < -0.39 is 0 Å². The molecule has 23 heavy (non-hydrogen) atoms. The molecule has 1 fully saturated rings. The van der Waals surface area contributed by atoms with Crippen molar-refractivity contribution in [2.24, 2.45) is 0 Å². The van der Waals surface area contributed by atoms with Gasteiger partial charge in [-0.05, 0) is 30.5 Å². The van der Waals surface area contributed by atoms with Crippen molar-refractivity contribution in [2.45, 2.75) is 43.9 Å². The lowest BCUT2D eigenvalue weighted by Gasteiger charge is -2.06. The number of aliphatic hydroxyl groups is 1. The predicted molar refractivity (Wildman–Crippen MR) is 98.1 cm³/mol. The molecule has 0 spiro atoms. The molecule has 1 aliphatic carbocycles. The summed E-state index contributed by atoms with van der Waals surface area (Å²) in [6.07, 6.45) is 9.15. The Bertz CT molecular complexity index is 611. The van der Waals surface area contributed by atoms with Crippen molar-refractivity contribution in [2.75, 3.05) is 17.7 Å². The van der Waals surface area contributed by atoms with Gasteiger partial charge >= 0.3 is 0 Å². The van der Waals surface area contributed by atoms with Crippen LogP contribution in [0.4, 0.5) is 5.82 Å². The minimum Gasteiger partial charge on any atom is -0.396 e. The number of hydrogen-bond donors (Lipinski definition) is 2. The highest BCUT2D eigenvalue weighted by Crippen LogP contribution is 2.36.